The van der Waals surface area contributed by atoms with E-state index in [9.17, 15) is 25.3 Å². The Balaban J connectivity index is 3.83. The van der Waals surface area contributed by atoms with Crippen LogP contribution in [0.4, 0.5) is 0 Å². The highest BCUT2D eigenvalue weighted by atomic mass is 32.2. The highest BCUT2D eigenvalue weighted by Gasteiger charge is 2.26. The first-order chi connectivity index (χ1) is 7.83. The molecule has 0 spiro atoms. The van der Waals surface area contributed by atoms with Gasteiger partial charge in [0, 0.05) is 6.07 Å². The van der Waals surface area contributed by atoms with Crippen LogP contribution in [0.25, 0.3) is 0 Å². The van der Waals surface area contributed by atoms with Gasteiger partial charge in [-0.1, -0.05) is 0 Å². The average molecular weight is 317 g/mol. The SMILES string of the molecule is O=S(=O)(O)c1c[c]c(S(=O)(=O)O)c(S(=O)(=O)O)c1. The van der Waals surface area contributed by atoms with Gasteiger partial charge in [-0.25, -0.2) is 0 Å². The van der Waals surface area contributed by atoms with Gasteiger partial charge in [-0.3, -0.25) is 13.7 Å². The van der Waals surface area contributed by atoms with Crippen molar-refractivity contribution in [1.82, 2.24) is 0 Å². The van der Waals surface area contributed by atoms with Gasteiger partial charge in [-0.15, -0.1) is 0 Å². The smallest absolute Gasteiger partial charge is 0.282 e. The Bertz CT molecular complexity index is 785. The molecular formula is C6H5O9S3. The van der Waals surface area contributed by atoms with Crippen molar-refractivity contribution in [1.29, 1.82) is 0 Å². The number of hydrogen-bond donors (Lipinski definition) is 3. The third-order valence-electron chi connectivity index (χ3n) is 1.68. The molecule has 0 atom stereocenters. The molecule has 101 valence electrons. The second-order valence-electron chi connectivity index (χ2n) is 2.95. The molecule has 0 aliphatic rings. The van der Waals surface area contributed by atoms with Gasteiger partial charge in [0.15, 0.2) is 0 Å². The highest BCUT2D eigenvalue weighted by Crippen LogP contribution is 2.23. The van der Waals surface area contributed by atoms with Crippen LogP contribution in [-0.2, 0) is 30.4 Å². The lowest BCUT2D eigenvalue weighted by molar-refractivity contribution is 0.464. The molecule has 0 bridgehead atoms. The summed E-state index contributed by atoms with van der Waals surface area (Å²) in [5.74, 6) is 0. The van der Waals surface area contributed by atoms with E-state index in [1.54, 1.807) is 6.07 Å². The van der Waals surface area contributed by atoms with Crippen molar-refractivity contribution in [3.63, 3.8) is 0 Å². The molecule has 9 nitrogen and oxygen atoms in total. The van der Waals surface area contributed by atoms with E-state index in [0.717, 1.165) is 0 Å². The molecule has 0 aliphatic heterocycles. The molecule has 18 heavy (non-hydrogen) atoms. The first-order valence-corrected chi connectivity index (χ1v) is 8.13. The van der Waals surface area contributed by atoms with E-state index in [0.29, 0.717) is 6.07 Å². The molecule has 12 heteroatoms. The van der Waals surface area contributed by atoms with E-state index >= 15 is 0 Å². The van der Waals surface area contributed by atoms with E-state index in [4.69, 9.17) is 13.7 Å². The second kappa shape index (κ2) is 4.25. The molecule has 0 unspecified atom stereocenters. The Morgan fingerprint density at radius 1 is 0.833 bits per heavy atom. The predicted molar refractivity (Wildman–Crippen MR) is 54.7 cm³/mol. The maximum Gasteiger partial charge on any atom is 0.296 e. The van der Waals surface area contributed by atoms with Gasteiger partial charge in [0.2, 0.25) is 0 Å². The Morgan fingerprint density at radius 3 is 1.67 bits per heavy atom. The minimum absolute atomic E-state index is 0.171. The fraction of sp³-hybridized carbons (Fsp3) is 0. The van der Waals surface area contributed by atoms with Crippen LogP contribution in [0.2, 0.25) is 0 Å². The highest BCUT2D eigenvalue weighted by molar-refractivity contribution is 7.89. The largest absolute Gasteiger partial charge is 0.296 e. The Morgan fingerprint density at radius 2 is 1.33 bits per heavy atom. The summed E-state index contributed by atoms with van der Waals surface area (Å²) in [7, 11) is -15.0. The molecule has 0 heterocycles. The molecule has 0 saturated heterocycles. The summed E-state index contributed by atoms with van der Waals surface area (Å²) in [4.78, 5) is -3.76. The minimum atomic E-state index is -5.15. The van der Waals surface area contributed by atoms with Gasteiger partial charge < -0.3 is 0 Å². The van der Waals surface area contributed by atoms with E-state index in [1.807, 2.05) is 0 Å². The van der Waals surface area contributed by atoms with Crippen LogP contribution in [0.5, 0.6) is 0 Å². The van der Waals surface area contributed by atoms with Crippen LogP contribution >= 0.6 is 0 Å². The molecule has 1 rings (SSSR count). The molecule has 0 aromatic heterocycles. The summed E-state index contributed by atoms with van der Waals surface area (Å²) in [5.41, 5.74) is 0. The predicted octanol–water partition coefficient (Wildman–Crippen LogP) is -0.773. The number of hydrogen-bond acceptors (Lipinski definition) is 6. The monoisotopic (exact) mass is 317 g/mol. The molecule has 0 saturated carbocycles. The third kappa shape index (κ3) is 3.24. The minimum Gasteiger partial charge on any atom is -0.282 e. The summed E-state index contributed by atoms with van der Waals surface area (Å²) in [6.45, 7) is 0. The van der Waals surface area contributed by atoms with Crippen molar-refractivity contribution in [2.24, 2.45) is 0 Å². The fourth-order valence-electron chi connectivity index (χ4n) is 0.986. The molecule has 1 aromatic carbocycles. The lowest BCUT2D eigenvalue weighted by Gasteiger charge is -2.05. The first-order valence-electron chi connectivity index (χ1n) is 3.81. The van der Waals surface area contributed by atoms with E-state index in [2.05, 4.69) is 0 Å². The van der Waals surface area contributed by atoms with Gasteiger partial charge >= 0.3 is 0 Å². The van der Waals surface area contributed by atoms with Gasteiger partial charge in [0.05, 0.1) is 4.90 Å². The topological polar surface area (TPSA) is 163 Å². The number of rotatable bonds is 3. The number of benzene rings is 1. The Hall–Kier alpha value is -1.05. The summed E-state index contributed by atoms with van der Waals surface area (Å²) in [6.07, 6.45) is 0. The standard InChI is InChI=1S/C6H5O9S3/c7-16(8,9)4-1-2-5(17(10,11)12)6(3-4)18(13,14)15/h1,3H,(H,7,8,9)(H,10,11,12)(H,13,14,15). The molecular weight excluding hydrogens is 312 g/mol. The van der Waals surface area contributed by atoms with E-state index in [1.165, 1.54) is 0 Å². The quantitative estimate of drug-likeness (QED) is 0.607. The molecule has 0 amide bonds. The average Bonchev–Trinajstić information content (AvgIpc) is 2.12. The fourth-order valence-corrected chi connectivity index (χ4v) is 3.26. The van der Waals surface area contributed by atoms with Crippen LogP contribution in [0, 0.1) is 6.07 Å². The third-order valence-corrected chi connectivity index (χ3v) is 4.37. The summed E-state index contributed by atoms with van der Waals surface area (Å²) in [5, 5.41) is 0. The van der Waals surface area contributed by atoms with Gasteiger partial charge in [-0.2, -0.15) is 25.3 Å². The maximum absolute atomic E-state index is 10.9. The van der Waals surface area contributed by atoms with Crippen molar-refractivity contribution in [3.8, 4) is 0 Å². The van der Waals surface area contributed by atoms with Crippen LogP contribution in [0.15, 0.2) is 26.8 Å². The van der Waals surface area contributed by atoms with Crippen LogP contribution < -0.4 is 0 Å². The zero-order valence-electron chi connectivity index (χ0n) is 8.17. The van der Waals surface area contributed by atoms with Crippen molar-refractivity contribution in [2.75, 3.05) is 0 Å². The van der Waals surface area contributed by atoms with Crippen LogP contribution in [0.3, 0.4) is 0 Å². The van der Waals surface area contributed by atoms with Crippen LogP contribution in [0.1, 0.15) is 0 Å². The van der Waals surface area contributed by atoms with Crippen molar-refractivity contribution in [3.05, 3.63) is 18.2 Å². The summed E-state index contributed by atoms with van der Waals surface area (Å²) >= 11 is 0. The zero-order valence-corrected chi connectivity index (χ0v) is 10.6. The Kier molecular flexibility index (Phi) is 3.55. The molecule has 1 radical (unpaired) electrons. The molecule has 1 aromatic rings. The maximum atomic E-state index is 10.9. The lowest BCUT2D eigenvalue weighted by Crippen LogP contribution is -2.10. The van der Waals surface area contributed by atoms with Crippen molar-refractivity contribution < 1.29 is 38.9 Å². The zero-order chi connectivity index (χ0) is 14.4. The molecule has 3 N–H and O–H groups in total. The van der Waals surface area contributed by atoms with Gasteiger partial charge in [0.25, 0.3) is 30.4 Å². The molecule has 0 fully saturated rings. The van der Waals surface area contributed by atoms with Crippen molar-refractivity contribution in [2.45, 2.75) is 14.7 Å². The second-order valence-corrected chi connectivity index (χ2v) is 7.12. The van der Waals surface area contributed by atoms with E-state index in [-0.39, 0.29) is 6.07 Å². The van der Waals surface area contributed by atoms with Gasteiger partial charge in [0.1, 0.15) is 9.79 Å². The van der Waals surface area contributed by atoms with Crippen LogP contribution in [-0.4, -0.2) is 38.9 Å². The lowest BCUT2D eigenvalue weighted by atomic mass is 10.4. The van der Waals surface area contributed by atoms with Crippen molar-refractivity contribution >= 4 is 30.4 Å². The molecule has 0 aliphatic carbocycles. The summed E-state index contributed by atoms with van der Waals surface area (Å²) in [6, 6.07) is 2.24. The normalized spacial score (nSPS) is 13.5. The summed E-state index contributed by atoms with van der Waals surface area (Å²) < 4.78 is 90.8. The van der Waals surface area contributed by atoms with Gasteiger partial charge in [-0.05, 0) is 12.1 Å². The Labute approximate surface area is 102 Å². The van der Waals surface area contributed by atoms with E-state index < -0.39 is 45.0 Å². The first kappa shape index (κ1) is 15.0.